The van der Waals surface area contributed by atoms with Crippen molar-refractivity contribution in [2.75, 3.05) is 0 Å². The molecule has 0 heterocycles. The molecule has 0 atom stereocenters. The zero-order chi connectivity index (χ0) is 15.0. The fourth-order valence-electron chi connectivity index (χ4n) is 2.03. The lowest BCUT2D eigenvalue weighted by Crippen LogP contribution is -2.25. The second-order valence-electron chi connectivity index (χ2n) is 4.56. The van der Waals surface area contributed by atoms with Gasteiger partial charge in [0.1, 0.15) is 0 Å². The Morgan fingerprint density at radius 1 is 1.15 bits per heavy atom. The van der Waals surface area contributed by atoms with E-state index in [9.17, 15) is 0 Å². The summed E-state index contributed by atoms with van der Waals surface area (Å²) in [6.45, 7) is 0.907. The van der Waals surface area contributed by atoms with Crippen LogP contribution >= 0.6 is 11.6 Å². The van der Waals surface area contributed by atoms with Crippen LogP contribution in [0.25, 0.3) is 0 Å². The van der Waals surface area contributed by atoms with Gasteiger partial charge in [-0.1, -0.05) is 42.6 Å². The van der Waals surface area contributed by atoms with Gasteiger partial charge in [0.05, 0.1) is 0 Å². The van der Waals surface area contributed by atoms with Gasteiger partial charge in [0.25, 0.3) is 0 Å². The SMILES string of the molecule is Clc1ccccc1CNC1CCCC1.O=C(O)C(=O)O. The summed E-state index contributed by atoms with van der Waals surface area (Å²) < 4.78 is 0. The van der Waals surface area contributed by atoms with E-state index in [0.717, 1.165) is 11.6 Å². The van der Waals surface area contributed by atoms with Gasteiger partial charge in [0.2, 0.25) is 0 Å². The van der Waals surface area contributed by atoms with Crippen LogP contribution in [0, 0.1) is 0 Å². The van der Waals surface area contributed by atoms with E-state index in [1.807, 2.05) is 18.2 Å². The van der Waals surface area contributed by atoms with Crippen molar-refractivity contribution in [3.63, 3.8) is 0 Å². The molecule has 0 amide bonds. The molecule has 0 bridgehead atoms. The Morgan fingerprint density at radius 2 is 1.70 bits per heavy atom. The summed E-state index contributed by atoms with van der Waals surface area (Å²) >= 11 is 6.07. The monoisotopic (exact) mass is 299 g/mol. The predicted octanol–water partition coefficient (Wildman–Crippen LogP) is 2.53. The van der Waals surface area contributed by atoms with Gasteiger partial charge in [-0.05, 0) is 24.5 Å². The summed E-state index contributed by atoms with van der Waals surface area (Å²) in [5, 5.41) is 19.2. The van der Waals surface area contributed by atoms with Gasteiger partial charge in [-0.2, -0.15) is 0 Å². The highest BCUT2D eigenvalue weighted by Gasteiger charge is 2.14. The number of aliphatic carboxylic acids is 2. The lowest BCUT2D eigenvalue weighted by atomic mass is 10.2. The number of rotatable bonds is 3. The van der Waals surface area contributed by atoms with Crippen LogP contribution in [-0.2, 0) is 16.1 Å². The minimum atomic E-state index is -1.82. The van der Waals surface area contributed by atoms with Crippen LogP contribution in [0.15, 0.2) is 24.3 Å². The molecule has 0 aromatic heterocycles. The molecule has 1 fully saturated rings. The molecule has 0 saturated heterocycles. The van der Waals surface area contributed by atoms with E-state index in [2.05, 4.69) is 11.4 Å². The first-order valence-corrected chi connectivity index (χ1v) is 6.81. The summed E-state index contributed by atoms with van der Waals surface area (Å²) in [5.41, 5.74) is 1.21. The summed E-state index contributed by atoms with van der Waals surface area (Å²) in [6, 6.07) is 8.77. The molecule has 3 N–H and O–H groups in total. The molecule has 0 radical (unpaired) electrons. The third kappa shape index (κ3) is 6.04. The van der Waals surface area contributed by atoms with E-state index >= 15 is 0 Å². The zero-order valence-corrected chi connectivity index (χ0v) is 11.8. The summed E-state index contributed by atoms with van der Waals surface area (Å²) in [6.07, 6.45) is 5.40. The van der Waals surface area contributed by atoms with Crippen LogP contribution < -0.4 is 5.32 Å². The molecule has 1 saturated carbocycles. The van der Waals surface area contributed by atoms with Crippen LogP contribution in [0.4, 0.5) is 0 Å². The van der Waals surface area contributed by atoms with Crippen molar-refractivity contribution in [3.8, 4) is 0 Å². The van der Waals surface area contributed by atoms with Crippen LogP contribution in [0.5, 0.6) is 0 Å². The number of carboxylic acid groups (broad SMARTS) is 2. The Morgan fingerprint density at radius 3 is 2.20 bits per heavy atom. The minimum absolute atomic E-state index is 0.714. The standard InChI is InChI=1S/C12H16ClN.C2H2O4/c13-12-8-4-1-5-10(12)9-14-11-6-2-3-7-11;3-1(4)2(5)6/h1,4-5,8,11,14H,2-3,6-7,9H2;(H,3,4)(H,5,6). The van der Waals surface area contributed by atoms with Crippen molar-refractivity contribution in [2.45, 2.75) is 38.3 Å². The fraction of sp³-hybridized carbons (Fsp3) is 0.429. The molecule has 6 heteroatoms. The lowest BCUT2D eigenvalue weighted by molar-refractivity contribution is -0.159. The molecule has 110 valence electrons. The van der Waals surface area contributed by atoms with Gasteiger partial charge in [0.15, 0.2) is 0 Å². The summed E-state index contributed by atoms with van der Waals surface area (Å²) in [7, 11) is 0. The first kappa shape index (κ1) is 16.5. The van der Waals surface area contributed by atoms with Crippen molar-refractivity contribution in [1.29, 1.82) is 0 Å². The number of carbonyl (C=O) groups is 2. The number of benzene rings is 1. The maximum atomic E-state index is 9.10. The predicted molar refractivity (Wildman–Crippen MR) is 75.8 cm³/mol. The molecular formula is C14H18ClNO4. The molecular weight excluding hydrogens is 282 g/mol. The van der Waals surface area contributed by atoms with Crippen molar-refractivity contribution in [2.24, 2.45) is 0 Å². The van der Waals surface area contributed by atoms with Gasteiger partial charge in [0, 0.05) is 17.6 Å². The second kappa shape index (κ2) is 8.55. The normalized spacial score (nSPS) is 14.4. The highest BCUT2D eigenvalue weighted by Crippen LogP contribution is 2.19. The Kier molecular flexibility index (Phi) is 7.04. The topological polar surface area (TPSA) is 86.6 Å². The molecule has 0 unspecified atom stereocenters. The first-order valence-electron chi connectivity index (χ1n) is 6.43. The van der Waals surface area contributed by atoms with E-state index in [1.54, 1.807) is 0 Å². The van der Waals surface area contributed by atoms with E-state index in [0.29, 0.717) is 6.04 Å². The van der Waals surface area contributed by atoms with Crippen LogP contribution in [0.3, 0.4) is 0 Å². The number of halogens is 1. The first-order chi connectivity index (χ1) is 9.50. The van der Waals surface area contributed by atoms with Gasteiger partial charge in [-0.15, -0.1) is 0 Å². The van der Waals surface area contributed by atoms with E-state index in [-0.39, 0.29) is 0 Å². The minimum Gasteiger partial charge on any atom is -0.473 e. The molecule has 20 heavy (non-hydrogen) atoms. The number of hydrogen-bond donors (Lipinski definition) is 3. The Labute approximate surface area is 122 Å². The average molecular weight is 300 g/mol. The third-order valence-corrected chi connectivity index (χ3v) is 3.45. The van der Waals surface area contributed by atoms with Gasteiger partial charge in [-0.25, -0.2) is 9.59 Å². The smallest absolute Gasteiger partial charge is 0.414 e. The van der Waals surface area contributed by atoms with Gasteiger partial charge < -0.3 is 15.5 Å². The summed E-state index contributed by atoms with van der Waals surface area (Å²) in [4.78, 5) is 18.2. The number of carboxylic acids is 2. The van der Waals surface area contributed by atoms with Crippen LogP contribution in [-0.4, -0.2) is 28.2 Å². The molecule has 1 aromatic rings. The maximum Gasteiger partial charge on any atom is 0.414 e. The summed E-state index contributed by atoms with van der Waals surface area (Å²) in [5.74, 6) is -3.65. The van der Waals surface area contributed by atoms with Crippen LogP contribution in [0.1, 0.15) is 31.2 Å². The quantitative estimate of drug-likeness (QED) is 0.747. The Bertz CT molecular complexity index is 446. The third-order valence-electron chi connectivity index (χ3n) is 3.08. The highest BCUT2D eigenvalue weighted by atomic mass is 35.5. The fourth-order valence-corrected chi connectivity index (χ4v) is 2.23. The van der Waals surface area contributed by atoms with Crippen molar-refractivity contribution >= 4 is 23.5 Å². The lowest BCUT2D eigenvalue weighted by Gasteiger charge is -2.12. The zero-order valence-electron chi connectivity index (χ0n) is 11.0. The number of hydrogen-bond acceptors (Lipinski definition) is 3. The van der Waals surface area contributed by atoms with E-state index in [4.69, 9.17) is 31.4 Å². The molecule has 1 aliphatic carbocycles. The molecule has 0 spiro atoms. The molecule has 2 rings (SSSR count). The highest BCUT2D eigenvalue weighted by molar-refractivity contribution is 6.31. The Balaban J connectivity index is 0.000000286. The van der Waals surface area contributed by atoms with Crippen LogP contribution in [0.2, 0.25) is 5.02 Å². The number of nitrogens with one attached hydrogen (secondary N) is 1. The van der Waals surface area contributed by atoms with E-state index in [1.165, 1.54) is 31.2 Å². The molecule has 0 aliphatic heterocycles. The molecule has 1 aliphatic rings. The van der Waals surface area contributed by atoms with E-state index < -0.39 is 11.9 Å². The average Bonchev–Trinajstić information content (AvgIpc) is 2.91. The second-order valence-corrected chi connectivity index (χ2v) is 4.97. The van der Waals surface area contributed by atoms with Gasteiger partial charge in [-0.3, -0.25) is 0 Å². The largest absolute Gasteiger partial charge is 0.473 e. The van der Waals surface area contributed by atoms with Gasteiger partial charge >= 0.3 is 11.9 Å². The van der Waals surface area contributed by atoms with Crippen molar-refractivity contribution in [1.82, 2.24) is 5.32 Å². The molecule has 1 aromatic carbocycles. The molecule has 5 nitrogen and oxygen atoms in total. The Hall–Kier alpha value is -1.59. The van der Waals surface area contributed by atoms with Crippen molar-refractivity contribution in [3.05, 3.63) is 34.9 Å². The van der Waals surface area contributed by atoms with Crippen molar-refractivity contribution < 1.29 is 19.8 Å². The maximum absolute atomic E-state index is 9.10.